The van der Waals surface area contributed by atoms with Crippen molar-refractivity contribution in [2.75, 3.05) is 31.1 Å². The van der Waals surface area contributed by atoms with Crippen molar-refractivity contribution in [3.05, 3.63) is 59.2 Å². The SMILES string of the molecule is Cn1ncc2cc(N3CCN(C(=O)[C@@H](Cc4ccc(Cl)cc4)NC(=O)OC(C)(C)C)CC3)ccc21. The fourth-order valence-electron chi connectivity index (χ4n) is 4.26. The van der Waals surface area contributed by atoms with Crippen LogP contribution in [0.4, 0.5) is 10.5 Å². The number of alkyl carbamates (subject to hydrolysis) is 1. The zero-order valence-corrected chi connectivity index (χ0v) is 21.4. The van der Waals surface area contributed by atoms with E-state index in [1.807, 2.05) is 35.0 Å². The first kappa shape index (κ1) is 24.9. The lowest BCUT2D eigenvalue weighted by Gasteiger charge is -2.37. The number of ether oxygens (including phenoxy) is 1. The Morgan fingerprint density at radius 1 is 1.09 bits per heavy atom. The molecule has 8 nitrogen and oxygen atoms in total. The highest BCUT2D eigenvalue weighted by atomic mass is 35.5. The molecule has 9 heteroatoms. The average Bonchev–Trinajstić information content (AvgIpc) is 3.18. The van der Waals surface area contributed by atoms with Gasteiger partial charge in [-0.2, -0.15) is 5.10 Å². The monoisotopic (exact) mass is 497 g/mol. The molecule has 0 unspecified atom stereocenters. The first-order chi connectivity index (χ1) is 16.6. The minimum absolute atomic E-state index is 0.117. The summed E-state index contributed by atoms with van der Waals surface area (Å²) in [5, 5.41) is 8.82. The van der Waals surface area contributed by atoms with Gasteiger partial charge >= 0.3 is 6.09 Å². The molecule has 0 saturated carbocycles. The molecule has 1 aliphatic rings. The van der Waals surface area contributed by atoms with Crippen LogP contribution < -0.4 is 10.2 Å². The number of carbonyl (C=O) groups excluding carboxylic acids is 2. The lowest BCUT2D eigenvalue weighted by Crippen LogP contribution is -2.56. The van der Waals surface area contributed by atoms with Gasteiger partial charge in [-0.1, -0.05) is 23.7 Å². The van der Waals surface area contributed by atoms with Crippen LogP contribution in [0.1, 0.15) is 26.3 Å². The summed E-state index contributed by atoms with van der Waals surface area (Å²) in [6, 6.07) is 12.9. The van der Waals surface area contributed by atoms with E-state index in [0.717, 1.165) is 22.2 Å². The summed E-state index contributed by atoms with van der Waals surface area (Å²) in [4.78, 5) is 30.1. The van der Waals surface area contributed by atoms with Crippen LogP contribution in [-0.4, -0.2) is 64.5 Å². The molecule has 2 aromatic carbocycles. The average molecular weight is 498 g/mol. The third kappa shape index (κ3) is 6.25. The van der Waals surface area contributed by atoms with E-state index in [0.29, 0.717) is 37.6 Å². The van der Waals surface area contributed by atoms with Gasteiger partial charge in [0.2, 0.25) is 5.91 Å². The third-order valence-corrected chi connectivity index (χ3v) is 6.28. The second-order valence-corrected chi connectivity index (χ2v) is 10.3. The quantitative estimate of drug-likeness (QED) is 0.576. The van der Waals surface area contributed by atoms with Gasteiger partial charge in [0.15, 0.2) is 0 Å². The van der Waals surface area contributed by atoms with Crippen LogP contribution in [0.15, 0.2) is 48.7 Å². The number of halogens is 1. The normalized spacial score (nSPS) is 15.2. The zero-order chi connectivity index (χ0) is 25.2. The fourth-order valence-corrected chi connectivity index (χ4v) is 4.39. The fraction of sp³-hybridized carbons (Fsp3) is 0.423. The summed E-state index contributed by atoms with van der Waals surface area (Å²) in [6.07, 6.45) is 1.61. The van der Waals surface area contributed by atoms with Gasteiger partial charge in [0.1, 0.15) is 11.6 Å². The number of amides is 2. The number of aryl methyl sites for hydroxylation is 1. The number of aromatic nitrogens is 2. The molecule has 0 bridgehead atoms. The molecule has 1 atom stereocenters. The number of benzene rings is 2. The summed E-state index contributed by atoms with van der Waals surface area (Å²) in [6.45, 7) is 7.93. The van der Waals surface area contributed by atoms with Gasteiger partial charge in [-0.3, -0.25) is 9.48 Å². The van der Waals surface area contributed by atoms with E-state index in [-0.39, 0.29) is 5.91 Å². The molecule has 2 amide bonds. The predicted octanol–water partition coefficient (Wildman–Crippen LogP) is 4.01. The topological polar surface area (TPSA) is 79.7 Å². The number of hydrogen-bond acceptors (Lipinski definition) is 5. The first-order valence-corrected chi connectivity index (χ1v) is 12.2. The number of piperazine rings is 1. The van der Waals surface area contributed by atoms with Gasteiger partial charge in [-0.15, -0.1) is 0 Å². The van der Waals surface area contributed by atoms with Crippen molar-refractivity contribution in [3.63, 3.8) is 0 Å². The van der Waals surface area contributed by atoms with Crippen LogP contribution in [-0.2, 0) is 23.0 Å². The summed E-state index contributed by atoms with van der Waals surface area (Å²) in [5.74, 6) is -0.117. The van der Waals surface area contributed by atoms with E-state index in [1.54, 1.807) is 32.9 Å². The zero-order valence-electron chi connectivity index (χ0n) is 20.6. The number of hydrogen-bond donors (Lipinski definition) is 1. The minimum Gasteiger partial charge on any atom is -0.444 e. The van der Waals surface area contributed by atoms with Crippen LogP contribution in [0.2, 0.25) is 5.02 Å². The highest BCUT2D eigenvalue weighted by Crippen LogP contribution is 2.23. The molecular formula is C26H32ClN5O3. The Morgan fingerprint density at radius 3 is 2.43 bits per heavy atom. The molecule has 186 valence electrons. The Kier molecular flexibility index (Phi) is 7.21. The van der Waals surface area contributed by atoms with E-state index in [2.05, 4.69) is 33.5 Å². The van der Waals surface area contributed by atoms with Gasteiger partial charge in [-0.25, -0.2) is 4.79 Å². The lowest BCUT2D eigenvalue weighted by molar-refractivity contribution is -0.133. The molecule has 3 aromatic rings. The first-order valence-electron chi connectivity index (χ1n) is 11.8. The van der Waals surface area contributed by atoms with E-state index < -0.39 is 17.7 Å². The van der Waals surface area contributed by atoms with Crippen molar-refractivity contribution in [2.45, 2.75) is 38.8 Å². The molecular weight excluding hydrogens is 466 g/mol. The van der Waals surface area contributed by atoms with Crippen LogP contribution in [0, 0.1) is 0 Å². The molecule has 1 aromatic heterocycles. The molecule has 4 rings (SSSR count). The van der Waals surface area contributed by atoms with E-state index in [1.165, 1.54) is 0 Å². The number of nitrogens with one attached hydrogen (secondary N) is 1. The summed E-state index contributed by atoms with van der Waals surface area (Å²) >= 11 is 6.01. The van der Waals surface area contributed by atoms with Crippen LogP contribution in [0.25, 0.3) is 10.9 Å². The lowest BCUT2D eigenvalue weighted by atomic mass is 10.0. The Bertz CT molecular complexity index is 1190. The molecule has 0 aliphatic carbocycles. The van der Waals surface area contributed by atoms with Crippen molar-refractivity contribution < 1.29 is 14.3 Å². The van der Waals surface area contributed by atoms with Crippen LogP contribution >= 0.6 is 11.6 Å². The minimum atomic E-state index is -0.732. The Hall–Kier alpha value is -3.26. The number of nitrogens with zero attached hydrogens (tertiary/aromatic N) is 4. The second-order valence-electron chi connectivity index (χ2n) is 9.85. The standard InChI is InChI=1S/C26H32ClN5O3/c1-26(2,3)35-25(34)29-22(15-18-5-7-20(27)8-6-18)24(33)32-13-11-31(12-14-32)21-9-10-23-19(16-21)17-28-30(23)4/h5-10,16-17,22H,11-15H2,1-4H3,(H,29,34)/t22-/m1/s1. The Morgan fingerprint density at radius 2 is 1.77 bits per heavy atom. The van der Waals surface area contributed by atoms with Gasteiger partial charge in [-0.05, 0) is 56.7 Å². The molecule has 1 aliphatic heterocycles. The largest absolute Gasteiger partial charge is 0.444 e. The van der Waals surface area contributed by atoms with Crippen LogP contribution in [0.5, 0.6) is 0 Å². The summed E-state index contributed by atoms with van der Waals surface area (Å²) in [5.41, 5.74) is 2.45. The molecule has 1 saturated heterocycles. The van der Waals surface area contributed by atoms with Gasteiger partial charge in [0.05, 0.1) is 11.7 Å². The maximum Gasteiger partial charge on any atom is 0.408 e. The van der Waals surface area contributed by atoms with E-state index in [4.69, 9.17) is 16.3 Å². The van der Waals surface area contributed by atoms with Gasteiger partial charge < -0.3 is 19.9 Å². The maximum atomic E-state index is 13.5. The van der Waals surface area contributed by atoms with Gasteiger partial charge in [0.25, 0.3) is 0 Å². The third-order valence-electron chi connectivity index (χ3n) is 6.03. The van der Waals surface area contributed by atoms with Crippen molar-refractivity contribution in [1.82, 2.24) is 20.0 Å². The molecule has 35 heavy (non-hydrogen) atoms. The molecule has 2 heterocycles. The maximum absolute atomic E-state index is 13.5. The van der Waals surface area contributed by atoms with Crippen molar-refractivity contribution in [1.29, 1.82) is 0 Å². The Balaban J connectivity index is 1.43. The van der Waals surface area contributed by atoms with Gasteiger partial charge in [0, 0.05) is 55.7 Å². The van der Waals surface area contributed by atoms with Crippen molar-refractivity contribution in [2.24, 2.45) is 7.05 Å². The van der Waals surface area contributed by atoms with Crippen LogP contribution in [0.3, 0.4) is 0 Å². The number of rotatable bonds is 5. The molecule has 0 spiro atoms. The van der Waals surface area contributed by atoms with Crippen molar-refractivity contribution in [3.8, 4) is 0 Å². The highest BCUT2D eigenvalue weighted by Gasteiger charge is 2.30. The summed E-state index contributed by atoms with van der Waals surface area (Å²) < 4.78 is 7.27. The Labute approximate surface area is 210 Å². The summed E-state index contributed by atoms with van der Waals surface area (Å²) in [7, 11) is 1.93. The van der Waals surface area contributed by atoms with E-state index in [9.17, 15) is 9.59 Å². The van der Waals surface area contributed by atoms with Crippen molar-refractivity contribution >= 4 is 40.2 Å². The molecule has 1 N–H and O–H groups in total. The smallest absolute Gasteiger partial charge is 0.408 e. The molecule has 0 radical (unpaired) electrons. The second kappa shape index (κ2) is 10.2. The number of carbonyl (C=O) groups is 2. The highest BCUT2D eigenvalue weighted by molar-refractivity contribution is 6.30. The predicted molar refractivity (Wildman–Crippen MR) is 138 cm³/mol. The number of anilines is 1. The molecule has 1 fully saturated rings. The number of fused-ring (bicyclic) bond motifs is 1. The van der Waals surface area contributed by atoms with E-state index >= 15 is 0 Å².